The average Bonchev–Trinajstić information content (AvgIpc) is 3.04. The first kappa shape index (κ1) is 13.4. The molecule has 2 N–H and O–H groups in total. The largest absolute Gasteiger partial charge is 0.390 e. The van der Waals surface area contributed by atoms with Crippen LogP contribution < -0.4 is 5.32 Å². The Labute approximate surface area is 98.2 Å². The second-order valence-corrected chi connectivity index (χ2v) is 4.83. The second kappa shape index (κ2) is 6.85. The lowest BCUT2D eigenvalue weighted by molar-refractivity contribution is 0.0956. The molecule has 1 rings (SSSR count). The topological polar surface area (TPSA) is 59.3 Å². The van der Waals surface area contributed by atoms with Crippen LogP contribution in [0.1, 0.15) is 33.1 Å². The van der Waals surface area contributed by atoms with Crippen LogP contribution in [0, 0.1) is 11.3 Å². The van der Waals surface area contributed by atoms with Crippen LogP contribution in [0.25, 0.3) is 0 Å². The maximum Gasteiger partial charge on any atom is 0.0791 e. The molecule has 1 atom stereocenters. The highest BCUT2D eigenvalue weighted by Gasteiger charge is 2.22. The fourth-order valence-electron chi connectivity index (χ4n) is 1.68. The average molecular weight is 225 g/mol. The molecule has 0 aromatic carbocycles. The van der Waals surface area contributed by atoms with Crippen molar-refractivity contribution in [3.05, 3.63) is 0 Å². The van der Waals surface area contributed by atoms with Gasteiger partial charge in [-0.1, -0.05) is 0 Å². The highest BCUT2D eigenvalue weighted by Crippen LogP contribution is 2.18. The van der Waals surface area contributed by atoms with Crippen molar-refractivity contribution >= 4 is 0 Å². The summed E-state index contributed by atoms with van der Waals surface area (Å²) in [6.45, 7) is 6.25. The minimum Gasteiger partial charge on any atom is -0.390 e. The van der Waals surface area contributed by atoms with Crippen molar-refractivity contribution in [3.8, 4) is 6.07 Å². The van der Waals surface area contributed by atoms with Crippen LogP contribution in [0.2, 0.25) is 0 Å². The van der Waals surface area contributed by atoms with Gasteiger partial charge in [-0.15, -0.1) is 0 Å². The Morgan fingerprint density at radius 2 is 2.19 bits per heavy atom. The standard InChI is InChI=1S/C12H23N3O/c1-10(2)15(7-3-6-13)9-12(16)8-14-11-4-5-11/h10-12,14,16H,3-5,7-9H2,1-2H3. The van der Waals surface area contributed by atoms with Crippen LogP contribution >= 0.6 is 0 Å². The van der Waals surface area contributed by atoms with E-state index in [1.165, 1.54) is 12.8 Å². The fraction of sp³-hybridized carbons (Fsp3) is 0.917. The van der Waals surface area contributed by atoms with Gasteiger partial charge in [-0.2, -0.15) is 5.26 Å². The Hall–Kier alpha value is -0.630. The van der Waals surface area contributed by atoms with Crippen LogP contribution in [-0.4, -0.2) is 47.8 Å². The SMILES string of the molecule is CC(C)N(CCC#N)CC(O)CNC1CC1. The lowest BCUT2D eigenvalue weighted by atomic mass is 10.2. The van der Waals surface area contributed by atoms with Crippen molar-refractivity contribution in [2.24, 2.45) is 0 Å². The third kappa shape index (κ3) is 5.45. The van der Waals surface area contributed by atoms with Gasteiger partial charge in [-0.3, -0.25) is 4.90 Å². The molecular formula is C12H23N3O. The van der Waals surface area contributed by atoms with Gasteiger partial charge in [-0.25, -0.2) is 0 Å². The summed E-state index contributed by atoms with van der Waals surface area (Å²) < 4.78 is 0. The summed E-state index contributed by atoms with van der Waals surface area (Å²) >= 11 is 0. The molecule has 0 radical (unpaired) electrons. The number of hydrogen-bond donors (Lipinski definition) is 2. The summed E-state index contributed by atoms with van der Waals surface area (Å²) in [5.74, 6) is 0. The van der Waals surface area contributed by atoms with Crippen molar-refractivity contribution in [1.29, 1.82) is 5.26 Å². The fourth-order valence-corrected chi connectivity index (χ4v) is 1.68. The number of nitriles is 1. The van der Waals surface area contributed by atoms with Crippen molar-refractivity contribution in [2.75, 3.05) is 19.6 Å². The van der Waals surface area contributed by atoms with Gasteiger partial charge in [0.05, 0.1) is 12.2 Å². The molecule has 1 aliphatic carbocycles. The smallest absolute Gasteiger partial charge is 0.0791 e. The molecular weight excluding hydrogens is 202 g/mol. The molecule has 1 saturated carbocycles. The normalized spacial score (nSPS) is 17.8. The Morgan fingerprint density at radius 3 is 2.69 bits per heavy atom. The van der Waals surface area contributed by atoms with Gasteiger partial charge in [0.25, 0.3) is 0 Å². The Balaban J connectivity index is 2.19. The van der Waals surface area contributed by atoms with E-state index in [1.807, 2.05) is 0 Å². The second-order valence-electron chi connectivity index (χ2n) is 4.83. The van der Waals surface area contributed by atoms with Crippen LogP contribution in [-0.2, 0) is 0 Å². The van der Waals surface area contributed by atoms with E-state index in [0.29, 0.717) is 31.6 Å². The number of aliphatic hydroxyl groups excluding tert-OH is 1. The van der Waals surface area contributed by atoms with Crippen LogP contribution in [0.15, 0.2) is 0 Å². The maximum atomic E-state index is 9.86. The zero-order chi connectivity index (χ0) is 12.0. The van der Waals surface area contributed by atoms with Crippen LogP contribution in [0.4, 0.5) is 0 Å². The van der Waals surface area contributed by atoms with E-state index in [4.69, 9.17) is 5.26 Å². The molecule has 4 nitrogen and oxygen atoms in total. The quantitative estimate of drug-likeness (QED) is 0.639. The molecule has 0 bridgehead atoms. The molecule has 92 valence electrons. The van der Waals surface area contributed by atoms with Crippen molar-refractivity contribution < 1.29 is 5.11 Å². The molecule has 0 heterocycles. The minimum absolute atomic E-state index is 0.332. The lowest BCUT2D eigenvalue weighted by Crippen LogP contribution is -2.42. The number of aliphatic hydroxyl groups is 1. The molecule has 1 aliphatic rings. The van der Waals surface area contributed by atoms with Gasteiger partial charge >= 0.3 is 0 Å². The third-order valence-electron chi connectivity index (χ3n) is 2.91. The molecule has 0 aromatic heterocycles. The monoisotopic (exact) mass is 225 g/mol. The summed E-state index contributed by atoms with van der Waals surface area (Å²) in [5.41, 5.74) is 0. The van der Waals surface area contributed by atoms with E-state index in [1.54, 1.807) is 0 Å². The van der Waals surface area contributed by atoms with Gasteiger partial charge in [0, 0.05) is 38.1 Å². The molecule has 0 spiro atoms. The first-order valence-corrected chi connectivity index (χ1v) is 6.16. The Kier molecular flexibility index (Phi) is 5.75. The third-order valence-corrected chi connectivity index (χ3v) is 2.91. The van der Waals surface area contributed by atoms with Crippen molar-refractivity contribution in [3.63, 3.8) is 0 Å². The Morgan fingerprint density at radius 1 is 1.50 bits per heavy atom. The number of nitrogens with zero attached hydrogens (tertiary/aromatic N) is 2. The van der Waals surface area contributed by atoms with E-state index in [0.717, 1.165) is 6.54 Å². The van der Waals surface area contributed by atoms with E-state index in [2.05, 4.69) is 30.1 Å². The van der Waals surface area contributed by atoms with E-state index >= 15 is 0 Å². The molecule has 16 heavy (non-hydrogen) atoms. The van der Waals surface area contributed by atoms with Crippen LogP contribution in [0.5, 0.6) is 0 Å². The highest BCUT2D eigenvalue weighted by atomic mass is 16.3. The van der Waals surface area contributed by atoms with Gasteiger partial charge < -0.3 is 10.4 Å². The number of hydrogen-bond acceptors (Lipinski definition) is 4. The maximum absolute atomic E-state index is 9.86. The first-order valence-electron chi connectivity index (χ1n) is 6.16. The molecule has 1 fully saturated rings. The zero-order valence-corrected chi connectivity index (χ0v) is 10.3. The summed E-state index contributed by atoms with van der Waals surface area (Å²) in [4.78, 5) is 2.16. The van der Waals surface area contributed by atoms with E-state index in [9.17, 15) is 5.11 Å². The van der Waals surface area contributed by atoms with Gasteiger partial charge in [0.15, 0.2) is 0 Å². The highest BCUT2D eigenvalue weighted by molar-refractivity contribution is 4.83. The summed E-state index contributed by atoms with van der Waals surface area (Å²) in [7, 11) is 0. The van der Waals surface area contributed by atoms with Crippen LogP contribution in [0.3, 0.4) is 0 Å². The van der Waals surface area contributed by atoms with E-state index < -0.39 is 0 Å². The van der Waals surface area contributed by atoms with Gasteiger partial charge in [0.2, 0.25) is 0 Å². The molecule has 4 heteroatoms. The van der Waals surface area contributed by atoms with Gasteiger partial charge in [-0.05, 0) is 26.7 Å². The Bertz CT molecular complexity index is 233. The first-order chi connectivity index (χ1) is 7.63. The predicted octanol–water partition coefficient (Wildman–Crippen LogP) is 0.723. The van der Waals surface area contributed by atoms with Crippen molar-refractivity contribution in [1.82, 2.24) is 10.2 Å². The number of rotatable bonds is 8. The zero-order valence-electron chi connectivity index (χ0n) is 10.3. The molecule has 0 saturated heterocycles. The van der Waals surface area contributed by atoms with E-state index in [-0.39, 0.29) is 6.10 Å². The predicted molar refractivity (Wildman–Crippen MR) is 64.0 cm³/mol. The lowest BCUT2D eigenvalue weighted by Gasteiger charge is -2.28. The minimum atomic E-state index is -0.332. The number of nitrogens with one attached hydrogen (secondary N) is 1. The molecule has 0 aliphatic heterocycles. The summed E-state index contributed by atoms with van der Waals surface area (Å²) in [6, 6.07) is 3.17. The van der Waals surface area contributed by atoms with Gasteiger partial charge in [0.1, 0.15) is 0 Å². The summed E-state index contributed by atoms with van der Waals surface area (Å²) in [6.07, 6.45) is 2.69. The summed E-state index contributed by atoms with van der Waals surface area (Å²) in [5, 5.41) is 21.7. The molecule has 0 aromatic rings. The molecule has 1 unspecified atom stereocenters. The molecule has 0 amide bonds. The van der Waals surface area contributed by atoms with Crippen molar-refractivity contribution in [2.45, 2.75) is 51.3 Å².